The van der Waals surface area contributed by atoms with Gasteiger partial charge in [-0.15, -0.1) is 0 Å². The summed E-state index contributed by atoms with van der Waals surface area (Å²) in [4.78, 5) is 0. The van der Waals surface area contributed by atoms with E-state index in [1.54, 1.807) is 0 Å². The van der Waals surface area contributed by atoms with Crippen LogP contribution in [0.3, 0.4) is 0 Å². The Morgan fingerprint density at radius 2 is 1.58 bits per heavy atom. The van der Waals surface area contributed by atoms with Crippen LogP contribution in [0, 0.1) is 5.92 Å². The Morgan fingerprint density at radius 1 is 0.792 bits per heavy atom. The van der Waals surface area contributed by atoms with Gasteiger partial charge in [-0.2, -0.15) is 0 Å². The predicted octanol–water partition coefficient (Wildman–Crippen LogP) is 0.220. The summed E-state index contributed by atoms with van der Waals surface area (Å²) in [5, 5.41) is 35.8. The molecule has 0 aliphatic carbocycles. The summed E-state index contributed by atoms with van der Waals surface area (Å²) in [6.45, 7) is 5.95. The fourth-order valence-corrected chi connectivity index (χ4v) is 3.21. The molecule has 2 atom stereocenters. The van der Waals surface area contributed by atoms with Crippen LogP contribution in [0.15, 0.2) is 0 Å². The standard InChI is InChI=1S/C7H15NO.C6H13NO.C5H11NO/c9-6-4-7-3-1-2-5-8-7;8-5-6-2-1-3-7-4-6;7-5-1-3-6-4-2-5/h7-9H,1-6H2;6-8H,1-5H2;5-7H,1-4H2. The van der Waals surface area contributed by atoms with Crippen molar-refractivity contribution in [2.45, 2.75) is 63.5 Å². The summed E-state index contributed by atoms with van der Waals surface area (Å²) in [5.41, 5.74) is 0. The zero-order valence-corrected chi connectivity index (χ0v) is 15.2. The van der Waals surface area contributed by atoms with E-state index in [2.05, 4.69) is 16.0 Å². The molecular weight excluding hydrogens is 306 g/mol. The molecule has 24 heavy (non-hydrogen) atoms. The van der Waals surface area contributed by atoms with Crippen LogP contribution in [0.2, 0.25) is 0 Å². The average Bonchev–Trinajstić information content (AvgIpc) is 2.65. The molecule has 2 unspecified atom stereocenters. The molecule has 3 fully saturated rings. The minimum atomic E-state index is -0.0266. The smallest absolute Gasteiger partial charge is 0.0564 e. The molecule has 6 heteroatoms. The van der Waals surface area contributed by atoms with Gasteiger partial charge < -0.3 is 31.3 Å². The van der Waals surface area contributed by atoms with E-state index in [4.69, 9.17) is 15.3 Å². The van der Waals surface area contributed by atoms with Crippen LogP contribution in [0.4, 0.5) is 0 Å². The van der Waals surface area contributed by atoms with E-state index >= 15 is 0 Å². The van der Waals surface area contributed by atoms with Crippen LogP contribution in [0.25, 0.3) is 0 Å². The molecular formula is C18H39N3O3. The summed E-state index contributed by atoms with van der Waals surface area (Å²) in [5.74, 6) is 0.531. The summed E-state index contributed by atoms with van der Waals surface area (Å²) in [6.07, 6.45) is 9.08. The lowest BCUT2D eigenvalue weighted by atomic mass is 10.0. The second kappa shape index (κ2) is 15.0. The first-order valence-corrected chi connectivity index (χ1v) is 9.80. The Hall–Kier alpha value is -0.240. The lowest BCUT2D eigenvalue weighted by molar-refractivity contribution is 0.137. The maximum absolute atomic E-state index is 8.87. The number of nitrogens with one attached hydrogen (secondary N) is 3. The summed E-state index contributed by atoms with van der Waals surface area (Å²) < 4.78 is 0. The summed E-state index contributed by atoms with van der Waals surface area (Å²) in [7, 11) is 0. The highest BCUT2D eigenvalue weighted by atomic mass is 16.3. The Kier molecular flexibility index (Phi) is 13.7. The van der Waals surface area contributed by atoms with E-state index in [0.717, 1.165) is 52.0 Å². The molecule has 3 heterocycles. The third-order valence-corrected chi connectivity index (χ3v) is 4.86. The van der Waals surface area contributed by atoms with Crippen LogP contribution in [-0.4, -0.2) is 73.4 Å². The first kappa shape index (κ1) is 21.8. The third kappa shape index (κ3) is 11.3. The maximum Gasteiger partial charge on any atom is 0.0564 e. The fourth-order valence-electron chi connectivity index (χ4n) is 3.21. The molecule has 3 aliphatic rings. The molecule has 0 aromatic rings. The van der Waals surface area contributed by atoms with Crippen LogP contribution >= 0.6 is 0 Å². The quantitative estimate of drug-likeness (QED) is 0.438. The van der Waals surface area contributed by atoms with Gasteiger partial charge in [-0.3, -0.25) is 0 Å². The van der Waals surface area contributed by atoms with Gasteiger partial charge in [0, 0.05) is 25.8 Å². The van der Waals surface area contributed by atoms with Crippen LogP contribution in [0.1, 0.15) is 51.4 Å². The van der Waals surface area contributed by atoms with Crippen molar-refractivity contribution in [2.24, 2.45) is 5.92 Å². The van der Waals surface area contributed by atoms with E-state index < -0.39 is 0 Å². The molecule has 0 bridgehead atoms. The van der Waals surface area contributed by atoms with Gasteiger partial charge >= 0.3 is 0 Å². The zero-order valence-electron chi connectivity index (χ0n) is 15.2. The molecule has 0 amide bonds. The first-order valence-electron chi connectivity index (χ1n) is 9.80. The molecule has 3 saturated heterocycles. The second-order valence-electron chi connectivity index (χ2n) is 7.04. The minimum Gasteiger partial charge on any atom is -0.396 e. The monoisotopic (exact) mass is 345 g/mol. The van der Waals surface area contributed by atoms with Crippen molar-refractivity contribution in [2.75, 3.05) is 45.9 Å². The van der Waals surface area contributed by atoms with Gasteiger partial charge in [-0.25, -0.2) is 0 Å². The van der Waals surface area contributed by atoms with Crippen molar-refractivity contribution in [3.05, 3.63) is 0 Å². The Labute approximate surface area is 147 Å². The van der Waals surface area contributed by atoms with Crippen molar-refractivity contribution in [3.8, 4) is 0 Å². The van der Waals surface area contributed by atoms with Crippen molar-refractivity contribution >= 4 is 0 Å². The van der Waals surface area contributed by atoms with E-state index in [0.29, 0.717) is 25.2 Å². The highest BCUT2D eigenvalue weighted by Gasteiger charge is 2.11. The lowest BCUT2D eigenvalue weighted by Gasteiger charge is -2.22. The Balaban J connectivity index is 0.000000181. The third-order valence-electron chi connectivity index (χ3n) is 4.86. The summed E-state index contributed by atoms with van der Waals surface area (Å²) >= 11 is 0. The normalized spacial score (nSPS) is 28.1. The number of aliphatic hydroxyl groups excluding tert-OH is 3. The van der Waals surface area contributed by atoms with Gasteiger partial charge in [0.1, 0.15) is 0 Å². The SMILES string of the molecule is OC1CCNCC1.OCC1CCCNC1.OCCC1CCCCN1. The molecule has 3 rings (SSSR count). The van der Waals surface area contributed by atoms with Crippen molar-refractivity contribution in [3.63, 3.8) is 0 Å². The lowest BCUT2D eigenvalue weighted by Crippen LogP contribution is -2.34. The Bertz CT molecular complexity index is 261. The van der Waals surface area contributed by atoms with Gasteiger partial charge in [0.15, 0.2) is 0 Å². The zero-order chi connectivity index (χ0) is 17.5. The molecule has 144 valence electrons. The largest absolute Gasteiger partial charge is 0.396 e. The van der Waals surface area contributed by atoms with E-state index in [1.807, 2.05) is 0 Å². The topological polar surface area (TPSA) is 96.8 Å². The Morgan fingerprint density at radius 3 is 2.00 bits per heavy atom. The molecule has 3 aliphatic heterocycles. The molecule has 0 saturated carbocycles. The van der Waals surface area contributed by atoms with E-state index in [1.165, 1.54) is 32.1 Å². The number of hydrogen-bond donors (Lipinski definition) is 6. The fraction of sp³-hybridized carbons (Fsp3) is 1.00. The van der Waals surface area contributed by atoms with Crippen molar-refractivity contribution in [1.82, 2.24) is 16.0 Å². The van der Waals surface area contributed by atoms with Gasteiger partial charge in [-0.1, -0.05) is 6.42 Å². The van der Waals surface area contributed by atoms with Crippen LogP contribution < -0.4 is 16.0 Å². The molecule has 6 N–H and O–H groups in total. The predicted molar refractivity (Wildman–Crippen MR) is 98.1 cm³/mol. The van der Waals surface area contributed by atoms with Crippen molar-refractivity contribution < 1.29 is 15.3 Å². The number of hydrogen-bond acceptors (Lipinski definition) is 6. The van der Waals surface area contributed by atoms with Crippen LogP contribution in [0.5, 0.6) is 0 Å². The number of piperidine rings is 3. The highest BCUT2D eigenvalue weighted by molar-refractivity contribution is 4.71. The van der Waals surface area contributed by atoms with Gasteiger partial charge in [0.2, 0.25) is 0 Å². The maximum atomic E-state index is 8.87. The summed E-state index contributed by atoms with van der Waals surface area (Å²) in [6, 6.07) is 0.601. The van der Waals surface area contributed by atoms with Gasteiger partial charge in [0.05, 0.1) is 6.10 Å². The van der Waals surface area contributed by atoms with Crippen LogP contribution in [-0.2, 0) is 0 Å². The molecule has 0 spiro atoms. The second-order valence-corrected chi connectivity index (χ2v) is 7.04. The van der Waals surface area contributed by atoms with Crippen molar-refractivity contribution in [1.29, 1.82) is 0 Å². The molecule has 0 aromatic carbocycles. The molecule has 0 aromatic heterocycles. The van der Waals surface area contributed by atoms with E-state index in [9.17, 15) is 0 Å². The van der Waals surface area contributed by atoms with Gasteiger partial charge in [0.25, 0.3) is 0 Å². The average molecular weight is 346 g/mol. The van der Waals surface area contributed by atoms with Gasteiger partial charge in [-0.05, 0) is 77.0 Å². The number of aliphatic hydroxyl groups is 3. The highest BCUT2D eigenvalue weighted by Crippen LogP contribution is 2.09. The molecule has 0 radical (unpaired) electrons. The van der Waals surface area contributed by atoms with E-state index in [-0.39, 0.29) is 6.10 Å². The minimum absolute atomic E-state index is 0.0266. The first-order chi connectivity index (χ1) is 11.8. The molecule has 6 nitrogen and oxygen atoms in total. The number of rotatable bonds is 3.